The van der Waals surface area contributed by atoms with Crippen LogP contribution in [0.1, 0.15) is 26.3 Å². The predicted molar refractivity (Wildman–Crippen MR) is 266 cm³/mol. The lowest BCUT2D eigenvalue weighted by molar-refractivity contribution is 0.590. The van der Waals surface area contributed by atoms with Crippen molar-refractivity contribution >= 4 is 95.6 Å². The molecule has 0 amide bonds. The number of hydrogen-bond acceptors (Lipinski definition) is 3. The Kier molecular flexibility index (Phi) is 7.63. The summed E-state index contributed by atoms with van der Waals surface area (Å²) in [6, 6.07) is 73.5. The summed E-state index contributed by atoms with van der Waals surface area (Å²) in [7, 11) is 0. The summed E-state index contributed by atoms with van der Waals surface area (Å²) in [4.78, 5) is 4.99. The lowest BCUT2D eigenvalue weighted by Crippen LogP contribution is -2.57. The van der Waals surface area contributed by atoms with Crippen LogP contribution in [0.2, 0.25) is 0 Å². The van der Waals surface area contributed by atoms with Crippen LogP contribution in [-0.2, 0) is 5.41 Å². The van der Waals surface area contributed by atoms with Crippen LogP contribution in [0, 0.1) is 0 Å². The molecule has 13 rings (SSSR count). The van der Waals surface area contributed by atoms with Gasteiger partial charge >= 0.3 is 6.85 Å². The molecule has 0 radical (unpaired) electrons. The fraction of sp³-hybridized carbons (Fsp3) is 0.0690. The van der Waals surface area contributed by atoms with Crippen LogP contribution in [0.5, 0.6) is 0 Å². The van der Waals surface area contributed by atoms with Gasteiger partial charge in [0.05, 0.1) is 5.69 Å². The number of anilines is 6. The van der Waals surface area contributed by atoms with Crippen molar-refractivity contribution in [2.75, 3.05) is 9.80 Å². The fourth-order valence-corrected chi connectivity index (χ4v) is 10.7. The molecule has 2 aromatic heterocycles. The maximum atomic E-state index is 6.76. The molecule has 0 spiro atoms. The van der Waals surface area contributed by atoms with Crippen LogP contribution in [0.25, 0.3) is 66.0 Å². The molecule has 0 aliphatic carbocycles. The zero-order chi connectivity index (χ0) is 42.0. The van der Waals surface area contributed by atoms with E-state index >= 15 is 0 Å². The first kappa shape index (κ1) is 35.9. The zero-order valence-electron chi connectivity index (χ0n) is 35.4. The van der Waals surface area contributed by atoms with Gasteiger partial charge in [-0.2, -0.15) is 0 Å². The molecule has 298 valence electrons. The van der Waals surface area contributed by atoms with Gasteiger partial charge < -0.3 is 18.7 Å². The van der Waals surface area contributed by atoms with Gasteiger partial charge in [-0.15, -0.1) is 0 Å². The summed E-state index contributed by atoms with van der Waals surface area (Å²) in [6.45, 7) is 6.76. The van der Waals surface area contributed by atoms with Crippen LogP contribution < -0.4 is 20.7 Å². The minimum absolute atomic E-state index is 0.0512. The van der Waals surface area contributed by atoms with Gasteiger partial charge in [-0.05, 0) is 106 Å². The summed E-state index contributed by atoms with van der Waals surface area (Å²) in [5.41, 5.74) is 19.6. The average Bonchev–Trinajstić information content (AvgIpc) is 3.87. The van der Waals surface area contributed by atoms with Crippen LogP contribution >= 0.6 is 0 Å². The Bertz CT molecular complexity index is 3580. The van der Waals surface area contributed by atoms with E-state index in [4.69, 9.17) is 4.42 Å². The highest BCUT2D eigenvalue weighted by Gasteiger charge is 2.45. The molecule has 0 bridgehead atoms. The van der Waals surface area contributed by atoms with Crippen LogP contribution in [0.4, 0.5) is 34.1 Å². The van der Waals surface area contributed by atoms with E-state index in [0.717, 1.165) is 56.1 Å². The smallest absolute Gasteiger partial charge is 0.333 e. The Morgan fingerprint density at radius 1 is 0.460 bits per heavy atom. The van der Waals surface area contributed by atoms with Crippen molar-refractivity contribution in [3.05, 3.63) is 206 Å². The summed E-state index contributed by atoms with van der Waals surface area (Å²) in [6.07, 6.45) is 0. The van der Waals surface area contributed by atoms with E-state index in [0.29, 0.717) is 0 Å². The third-order valence-corrected chi connectivity index (χ3v) is 13.5. The lowest BCUT2D eigenvalue weighted by atomic mass is 9.44. The molecular weight excluding hydrogens is 765 g/mol. The Morgan fingerprint density at radius 3 is 1.86 bits per heavy atom. The van der Waals surface area contributed by atoms with Crippen molar-refractivity contribution < 1.29 is 4.42 Å². The number of rotatable bonds is 5. The minimum atomic E-state index is -0.159. The van der Waals surface area contributed by atoms with Gasteiger partial charge in [-0.25, -0.2) is 0 Å². The Labute approximate surface area is 367 Å². The molecule has 63 heavy (non-hydrogen) atoms. The molecule has 0 unspecified atom stereocenters. The Morgan fingerprint density at radius 2 is 1.11 bits per heavy atom. The number of aromatic nitrogens is 1. The van der Waals surface area contributed by atoms with Crippen LogP contribution in [0.15, 0.2) is 205 Å². The van der Waals surface area contributed by atoms with Crippen LogP contribution in [0.3, 0.4) is 0 Å². The highest BCUT2D eigenvalue weighted by molar-refractivity contribution is 6.92. The standard InChI is InChI=1S/C58H42BN3O/c1-58(2,3)38-30-31-48(46(34-38)37-18-7-4-8-19-37)61-50-32-33-53-54(45-25-14-16-29-52(45)63-53)56(50)59-55-47(44-27-17-26-43-42-24-13-15-28-49(42)62(59)57(43)44)35-41(36-51(55)61)60(39-20-9-5-10-21-39)40-22-11-6-12-23-40/h4-36H,1-3H3. The molecule has 2 aliphatic heterocycles. The monoisotopic (exact) mass is 807 g/mol. The van der Waals surface area contributed by atoms with Gasteiger partial charge in [0.1, 0.15) is 11.2 Å². The SMILES string of the molecule is CC(C)(C)c1ccc(N2c3cc(N(c4ccccc4)c4ccccc4)cc4c3B(c3c2ccc2oc5ccccc5c32)n2c3ccccc3c3cccc-4c32)c(-c2ccccc2)c1. The van der Waals surface area contributed by atoms with E-state index in [-0.39, 0.29) is 12.3 Å². The van der Waals surface area contributed by atoms with Crippen LogP contribution in [-0.4, -0.2) is 11.3 Å². The molecular formula is C58H42BN3O. The van der Waals surface area contributed by atoms with Gasteiger partial charge in [-0.3, -0.25) is 0 Å². The molecule has 4 heterocycles. The number of furan rings is 1. The maximum Gasteiger partial charge on any atom is 0.333 e. The molecule has 11 aromatic rings. The fourth-order valence-electron chi connectivity index (χ4n) is 10.7. The Balaban J connectivity index is 1.23. The largest absolute Gasteiger partial charge is 0.456 e. The van der Waals surface area contributed by atoms with E-state index in [1.807, 2.05) is 0 Å². The van der Waals surface area contributed by atoms with Crippen molar-refractivity contribution in [1.29, 1.82) is 0 Å². The molecule has 0 fully saturated rings. The molecule has 0 atom stereocenters. The molecule has 5 heteroatoms. The summed E-state index contributed by atoms with van der Waals surface area (Å²) < 4.78 is 9.41. The van der Waals surface area contributed by atoms with Gasteiger partial charge in [0.25, 0.3) is 0 Å². The van der Waals surface area contributed by atoms with Gasteiger partial charge in [0.2, 0.25) is 0 Å². The van der Waals surface area contributed by atoms with Crippen molar-refractivity contribution in [3.8, 4) is 22.3 Å². The number of nitrogens with zero attached hydrogens (tertiary/aromatic N) is 3. The Hall–Kier alpha value is -7.76. The van der Waals surface area contributed by atoms with Crippen molar-refractivity contribution in [3.63, 3.8) is 0 Å². The van der Waals surface area contributed by atoms with Crippen molar-refractivity contribution in [1.82, 2.24) is 4.48 Å². The molecule has 2 aliphatic rings. The van der Waals surface area contributed by atoms with E-state index in [2.05, 4.69) is 235 Å². The first-order valence-corrected chi connectivity index (χ1v) is 22.0. The van der Waals surface area contributed by atoms with Gasteiger partial charge in [0.15, 0.2) is 0 Å². The number of hydrogen-bond donors (Lipinski definition) is 0. The first-order chi connectivity index (χ1) is 30.9. The number of para-hydroxylation sites is 5. The summed E-state index contributed by atoms with van der Waals surface area (Å²) in [5.74, 6) is 0. The number of fused-ring (bicyclic) bond motifs is 11. The van der Waals surface area contributed by atoms with Gasteiger partial charge in [-0.1, -0.05) is 148 Å². The normalized spacial score (nSPS) is 12.9. The highest BCUT2D eigenvalue weighted by Crippen LogP contribution is 2.51. The molecule has 0 saturated carbocycles. The minimum Gasteiger partial charge on any atom is -0.456 e. The zero-order valence-corrected chi connectivity index (χ0v) is 35.4. The second kappa shape index (κ2) is 13.4. The van der Waals surface area contributed by atoms with Crippen molar-refractivity contribution in [2.24, 2.45) is 0 Å². The average molecular weight is 808 g/mol. The molecule has 0 N–H and O–H groups in total. The number of benzene rings is 9. The van der Waals surface area contributed by atoms with Crippen molar-refractivity contribution in [2.45, 2.75) is 26.2 Å². The first-order valence-electron chi connectivity index (χ1n) is 22.0. The second-order valence-corrected chi connectivity index (χ2v) is 18.1. The molecule has 9 aromatic carbocycles. The van der Waals surface area contributed by atoms with E-state index < -0.39 is 0 Å². The quantitative estimate of drug-likeness (QED) is 0.162. The second-order valence-electron chi connectivity index (χ2n) is 18.1. The van der Waals surface area contributed by atoms with E-state index in [1.54, 1.807) is 0 Å². The molecule has 0 saturated heterocycles. The predicted octanol–water partition coefficient (Wildman–Crippen LogP) is 14.5. The third-order valence-electron chi connectivity index (χ3n) is 13.5. The maximum absolute atomic E-state index is 6.76. The topological polar surface area (TPSA) is 24.6 Å². The summed E-state index contributed by atoms with van der Waals surface area (Å²) >= 11 is 0. The highest BCUT2D eigenvalue weighted by atomic mass is 16.3. The van der Waals surface area contributed by atoms with E-state index in [9.17, 15) is 0 Å². The summed E-state index contributed by atoms with van der Waals surface area (Å²) in [5, 5.41) is 4.81. The molecule has 4 nitrogen and oxygen atoms in total. The lowest BCUT2D eigenvalue weighted by Gasteiger charge is -2.42. The third kappa shape index (κ3) is 5.23. The van der Waals surface area contributed by atoms with E-state index in [1.165, 1.54) is 60.5 Å². The van der Waals surface area contributed by atoms with Gasteiger partial charge in [0, 0.05) is 72.1 Å².